The summed E-state index contributed by atoms with van der Waals surface area (Å²) in [4.78, 5) is 0. The van der Waals surface area contributed by atoms with Crippen molar-refractivity contribution in [2.45, 2.75) is 12.5 Å². The molecule has 1 rings (SSSR count). The van der Waals surface area contributed by atoms with E-state index in [4.69, 9.17) is 5.73 Å². The van der Waals surface area contributed by atoms with Gasteiger partial charge in [0.15, 0.2) is 11.6 Å². The largest absolute Gasteiger partial charge is 0.319 e. The molecule has 2 N–H and O–H groups in total. The van der Waals surface area contributed by atoms with Crippen LogP contribution < -0.4 is 5.73 Å². The third-order valence-electron chi connectivity index (χ3n) is 1.68. The third-order valence-corrected chi connectivity index (χ3v) is 1.68. The molecule has 0 aromatic heterocycles. The Balaban J connectivity index is 3.25. The average Bonchev–Trinajstić information content (AvgIpc) is 2.12. The minimum atomic E-state index is -3.15. The summed E-state index contributed by atoms with van der Waals surface area (Å²) in [6.45, 7) is 0. The van der Waals surface area contributed by atoms with E-state index in [0.29, 0.717) is 12.1 Å². The van der Waals surface area contributed by atoms with Gasteiger partial charge in [0.25, 0.3) is 6.43 Å². The molecule has 0 bridgehead atoms. The summed E-state index contributed by atoms with van der Waals surface area (Å²) in [5, 5.41) is 0. The Kier molecular flexibility index (Phi) is 3.05. The Morgan fingerprint density at radius 3 is 2.00 bits per heavy atom. The van der Waals surface area contributed by atoms with Gasteiger partial charge in [0.1, 0.15) is 5.82 Å². The molecule has 0 saturated carbocycles. The standard InChI is InChI=1S/C8H6F5N/c9-3-1-2-4(10)6(11)5(3)7(14)8(12)13/h1-2,7-8H,14H2/t7-/m0/s1. The predicted octanol–water partition coefficient (Wildman–Crippen LogP) is 2.37. The molecule has 0 saturated heterocycles. The molecule has 1 aromatic carbocycles. The summed E-state index contributed by atoms with van der Waals surface area (Å²) in [5.41, 5.74) is 3.69. The van der Waals surface area contributed by atoms with Crippen molar-refractivity contribution < 1.29 is 22.0 Å². The van der Waals surface area contributed by atoms with E-state index >= 15 is 0 Å². The second kappa shape index (κ2) is 3.91. The Hall–Kier alpha value is -1.17. The van der Waals surface area contributed by atoms with Gasteiger partial charge in [-0.05, 0) is 12.1 Å². The van der Waals surface area contributed by atoms with Gasteiger partial charge in [-0.25, -0.2) is 22.0 Å². The summed E-state index contributed by atoms with van der Waals surface area (Å²) >= 11 is 0. The van der Waals surface area contributed by atoms with Crippen LogP contribution in [0.15, 0.2) is 12.1 Å². The van der Waals surface area contributed by atoms with E-state index in [1.54, 1.807) is 0 Å². The highest BCUT2D eigenvalue weighted by Gasteiger charge is 2.26. The first-order valence-corrected chi connectivity index (χ1v) is 3.62. The first-order valence-electron chi connectivity index (χ1n) is 3.62. The zero-order valence-corrected chi connectivity index (χ0v) is 6.78. The van der Waals surface area contributed by atoms with Crippen molar-refractivity contribution in [3.8, 4) is 0 Å². The maximum Gasteiger partial charge on any atom is 0.257 e. The molecule has 78 valence electrons. The fraction of sp³-hybridized carbons (Fsp3) is 0.250. The van der Waals surface area contributed by atoms with Crippen molar-refractivity contribution in [1.29, 1.82) is 0 Å². The molecule has 1 nitrogen and oxygen atoms in total. The van der Waals surface area contributed by atoms with E-state index < -0.39 is 35.5 Å². The number of alkyl halides is 2. The van der Waals surface area contributed by atoms with Crippen LogP contribution in [-0.4, -0.2) is 6.43 Å². The van der Waals surface area contributed by atoms with Crippen LogP contribution >= 0.6 is 0 Å². The number of hydrogen-bond donors (Lipinski definition) is 1. The monoisotopic (exact) mass is 211 g/mol. The smallest absolute Gasteiger partial charge is 0.257 e. The molecule has 0 aliphatic carbocycles. The van der Waals surface area contributed by atoms with Crippen LogP contribution in [0.25, 0.3) is 0 Å². The SMILES string of the molecule is N[C@@H](c1c(F)ccc(F)c1F)C(F)F. The van der Waals surface area contributed by atoms with Gasteiger partial charge in [-0.2, -0.15) is 0 Å². The maximum absolute atomic E-state index is 12.8. The molecule has 0 radical (unpaired) electrons. The van der Waals surface area contributed by atoms with Crippen LogP contribution in [0, 0.1) is 17.5 Å². The number of halogens is 5. The molecule has 1 atom stereocenters. The maximum atomic E-state index is 12.8. The highest BCUT2D eigenvalue weighted by molar-refractivity contribution is 5.24. The number of benzene rings is 1. The van der Waals surface area contributed by atoms with Gasteiger partial charge < -0.3 is 5.73 Å². The van der Waals surface area contributed by atoms with Gasteiger partial charge in [0.05, 0.1) is 6.04 Å². The molecule has 14 heavy (non-hydrogen) atoms. The van der Waals surface area contributed by atoms with Gasteiger partial charge >= 0.3 is 0 Å². The van der Waals surface area contributed by atoms with E-state index in [2.05, 4.69) is 0 Å². The van der Waals surface area contributed by atoms with Gasteiger partial charge in [0.2, 0.25) is 0 Å². The minimum absolute atomic E-state index is 0.506. The lowest BCUT2D eigenvalue weighted by Crippen LogP contribution is -2.22. The van der Waals surface area contributed by atoms with Crippen LogP contribution in [0.2, 0.25) is 0 Å². The Morgan fingerprint density at radius 2 is 1.50 bits per heavy atom. The molecular weight excluding hydrogens is 205 g/mol. The molecule has 0 spiro atoms. The predicted molar refractivity (Wildman–Crippen MR) is 39.2 cm³/mol. The fourth-order valence-corrected chi connectivity index (χ4v) is 0.974. The van der Waals surface area contributed by atoms with E-state index in [0.717, 1.165) is 0 Å². The highest BCUT2D eigenvalue weighted by atomic mass is 19.3. The van der Waals surface area contributed by atoms with E-state index in [1.165, 1.54) is 0 Å². The quantitative estimate of drug-likeness (QED) is 0.589. The van der Waals surface area contributed by atoms with Crippen LogP contribution in [0.4, 0.5) is 22.0 Å². The lowest BCUT2D eigenvalue weighted by molar-refractivity contribution is 0.112. The summed E-state index contributed by atoms with van der Waals surface area (Å²) in [6, 6.07) is -1.10. The van der Waals surface area contributed by atoms with E-state index in [9.17, 15) is 22.0 Å². The zero-order chi connectivity index (χ0) is 10.9. The summed E-state index contributed by atoms with van der Waals surface area (Å²) in [5.74, 6) is -4.35. The second-order valence-corrected chi connectivity index (χ2v) is 2.62. The van der Waals surface area contributed by atoms with Crippen LogP contribution in [0.1, 0.15) is 11.6 Å². The van der Waals surface area contributed by atoms with Crippen LogP contribution in [0.3, 0.4) is 0 Å². The first-order chi connectivity index (χ1) is 6.45. The van der Waals surface area contributed by atoms with Crippen molar-refractivity contribution >= 4 is 0 Å². The zero-order valence-electron chi connectivity index (χ0n) is 6.78. The van der Waals surface area contributed by atoms with Gasteiger partial charge in [-0.15, -0.1) is 0 Å². The molecule has 0 unspecified atom stereocenters. The van der Waals surface area contributed by atoms with E-state index in [1.807, 2.05) is 0 Å². The van der Waals surface area contributed by atoms with Crippen molar-refractivity contribution in [3.63, 3.8) is 0 Å². The van der Waals surface area contributed by atoms with Gasteiger partial charge in [0, 0.05) is 5.56 Å². The Bertz CT molecular complexity index is 339. The second-order valence-electron chi connectivity index (χ2n) is 2.62. The fourth-order valence-electron chi connectivity index (χ4n) is 0.974. The molecule has 0 aliphatic heterocycles. The number of hydrogen-bond acceptors (Lipinski definition) is 1. The van der Waals surface area contributed by atoms with Crippen molar-refractivity contribution in [2.75, 3.05) is 0 Å². The summed E-state index contributed by atoms with van der Waals surface area (Å²) < 4.78 is 62.3. The number of nitrogens with two attached hydrogens (primary N) is 1. The third kappa shape index (κ3) is 1.84. The van der Waals surface area contributed by atoms with Crippen LogP contribution in [-0.2, 0) is 0 Å². The molecule has 1 aromatic rings. The lowest BCUT2D eigenvalue weighted by atomic mass is 10.1. The topological polar surface area (TPSA) is 26.0 Å². The molecular formula is C8H6F5N. The molecule has 0 fully saturated rings. The molecule has 6 heteroatoms. The van der Waals surface area contributed by atoms with E-state index in [-0.39, 0.29) is 0 Å². The molecule has 0 amide bonds. The lowest BCUT2D eigenvalue weighted by Gasteiger charge is -2.12. The highest BCUT2D eigenvalue weighted by Crippen LogP contribution is 2.25. The van der Waals surface area contributed by atoms with Crippen LogP contribution in [0.5, 0.6) is 0 Å². The summed E-state index contributed by atoms with van der Waals surface area (Å²) in [7, 11) is 0. The van der Waals surface area contributed by atoms with Crippen molar-refractivity contribution in [3.05, 3.63) is 35.1 Å². The van der Waals surface area contributed by atoms with Crippen molar-refractivity contribution in [1.82, 2.24) is 0 Å². The number of rotatable bonds is 2. The Labute approximate surface area is 76.3 Å². The van der Waals surface area contributed by atoms with Crippen molar-refractivity contribution in [2.24, 2.45) is 5.73 Å². The summed E-state index contributed by atoms with van der Waals surface area (Å²) in [6.07, 6.45) is -3.15. The van der Waals surface area contributed by atoms with Gasteiger partial charge in [-0.3, -0.25) is 0 Å². The molecule has 0 aliphatic rings. The normalized spacial score (nSPS) is 13.4. The minimum Gasteiger partial charge on any atom is -0.319 e. The van der Waals surface area contributed by atoms with Gasteiger partial charge in [-0.1, -0.05) is 0 Å². The molecule has 0 heterocycles. The average molecular weight is 211 g/mol. The first kappa shape index (κ1) is 10.9. The Morgan fingerprint density at radius 1 is 1.00 bits per heavy atom.